The van der Waals surface area contributed by atoms with Crippen LogP contribution in [0.25, 0.3) is 0 Å². The lowest BCUT2D eigenvalue weighted by molar-refractivity contribution is -0.127. The topological polar surface area (TPSA) is 80.3 Å². The summed E-state index contributed by atoms with van der Waals surface area (Å²) in [5, 5.41) is 5.95. The molecule has 34 heavy (non-hydrogen) atoms. The highest BCUT2D eigenvalue weighted by Gasteiger charge is 2.50. The average Bonchev–Trinajstić information content (AvgIpc) is 2.82. The molecule has 1 atom stereocenters. The summed E-state index contributed by atoms with van der Waals surface area (Å²) in [6.45, 7) is 2.25. The molecule has 1 aromatic heterocycles. The van der Waals surface area contributed by atoms with Gasteiger partial charge in [0.15, 0.2) is 0 Å². The summed E-state index contributed by atoms with van der Waals surface area (Å²) < 4.78 is 6.03. The first-order valence-electron chi connectivity index (χ1n) is 12.7. The van der Waals surface area contributed by atoms with E-state index in [1.807, 2.05) is 48.5 Å². The number of pyridine rings is 1. The van der Waals surface area contributed by atoms with Crippen LogP contribution in [0.1, 0.15) is 50.3 Å². The zero-order chi connectivity index (χ0) is 23.5. The van der Waals surface area contributed by atoms with Crippen LogP contribution in [-0.4, -0.2) is 35.2 Å². The molecule has 0 radical (unpaired) electrons. The number of rotatable bonds is 8. The fourth-order valence-electron chi connectivity index (χ4n) is 6.65. The van der Waals surface area contributed by atoms with E-state index < -0.39 is 11.6 Å². The minimum Gasteiger partial charge on any atom is -0.446 e. The first-order valence-corrected chi connectivity index (χ1v) is 12.7. The van der Waals surface area contributed by atoms with E-state index in [2.05, 4.69) is 15.6 Å². The van der Waals surface area contributed by atoms with Gasteiger partial charge >= 0.3 is 6.09 Å². The minimum absolute atomic E-state index is 0.0203. The van der Waals surface area contributed by atoms with E-state index in [1.165, 1.54) is 32.1 Å². The zero-order valence-electron chi connectivity index (χ0n) is 19.9. The van der Waals surface area contributed by atoms with E-state index in [0.717, 1.165) is 29.5 Å². The van der Waals surface area contributed by atoms with Gasteiger partial charge in [0.2, 0.25) is 5.91 Å². The lowest BCUT2D eigenvalue weighted by Gasteiger charge is -2.53. The highest BCUT2D eigenvalue weighted by atomic mass is 16.6. The molecule has 4 bridgehead atoms. The third kappa shape index (κ3) is 5.11. The Balaban J connectivity index is 1.24. The Bertz CT molecular complexity index is 968. The summed E-state index contributed by atoms with van der Waals surface area (Å²) in [4.78, 5) is 30.8. The second-order valence-corrected chi connectivity index (χ2v) is 10.7. The summed E-state index contributed by atoms with van der Waals surface area (Å²) in [6.07, 6.45) is 8.28. The van der Waals surface area contributed by atoms with Crippen molar-refractivity contribution in [1.82, 2.24) is 15.6 Å². The van der Waals surface area contributed by atoms with Crippen molar-refractivity contribution < 1.29 is 14.3 Å². The monoisotopic (exact) mass is 461 g/mol. The largest absolute Gasteiger partial charge is 0.446 e. The van der Waals surface area contributed by atoms with Crippen LogP contribution in [0.2, 0.25) is 0 Å². The number of aromatic nitrogens is 1. The number of alkyl carbamates (subject to hydrolysis) is 1. The molecule has 6 heteroatoms. The molecule has 2 N–H and O–H groups in total. The summed E-state index contributed by atoms with van der Waals surface area (Å²) in [7, 11) is 0. The molecule has 6 rings (SSSR count). The van der Waals surface area contributed by atoms with Crippen LogP contribution in [0, 0.1) is 23.7 Å². The molecule has 4 aliphatic carbocycles. The fourth-order valence-corrected chi connectivity index (χ4v) is 6.65. The smallest absolute Gasteiger partial charge is 0.408 e. The molecule has 0 saturated heterocycles. The van der Waals surface area contributed by atoms with Gasteiger partial charge in [0.05, 0.1) is 0 Å². The van der Waals surface area contributed by atoms with Crippen LogP contribution >= 0.6 is 0 Å². The molecule has 2 aromatic rings. The zero-order valence-corrected chi connectivity index (χ0v) is 19.9. The van der Waals surface area contributed by atoms with Crippen molar-refractivity contribution in [3.05, 3.63) is 66.0 Å². The number of nitrogens with zero attached hydrogens (tertiary/aromatic N) is 1. The molecule has 4 saturated carbocycles. The van der Waals surface area contributed by atoms with Crippen LogP contribution in [-0.2, 0) is 22.4 Å². The maximum Gasteiger partial charge on any atom is 0.408 e. The van der Waals surface area contributed by atoms with Crippen molar-refractivity contribution in [3.63, 3.8) is 0 Å². The Morgan fingerprint density at radius 3 is 2.29 bits per heavy atom. The first-order chi connectivity index (χ1) is 16.5. The number of hydrogen-bond donors (Lipinski definition) is 2. The van der Waals surface area contributed by atoms with Crippen molar-refractivity contribution >= 4 is 12.0 Å². The molecule has 0 spiro atoms. The predicted octanol–water partition coefficient (Wildman–Crippen LogP) is 4.29. The van der Waals surface area contributed by atoms with Crippen molar-refractivity contribution in [2.24, 2.45) is 23.7 Å². The van der Waals surface area contributed by atoms with Gasteiger partial charge in [-0.05, 0) is 86.8 Å². The SMILES string of the molecule is CC(Cc1ccccn1)(NC(=O)OC1C2CC3CC(C2)CC1C3)C(=O)NCCc1ccccc1. The number of carbonyl (C=O) groups is 2. The average molecular weight is 462 g/mol. The Morgan fingerprint density at radius 1 is 0.971 bits per heavy atom. The molecule has 180 valence electrons. The van der Waals surface area contributed by atoms with E-state index in [0.29, 0.717) is 24.8 Å². The Labute approximate surface area is 201 Å². The molecule has 1 heterocycles. The second kappa shape index (κ2) is 9.77. The van der Waals surface area contributed by atoms with Gasteiger partial charge in [-0.2, -0.15) is 0 Å². The molecule has 0 aliphatic heterocycles. The Morgan fingerprint density at radius 2 is 1.65 bits per heavy atom. The first kappa shape index (κ1) is 22.9. The standard InChI is InChI=1S/C28H35N3O3/c1-28(18-24-9-5-6-11-29-24,26(32)30-12-10-19-7-3-2-4-8-19)31-27(33)34-25-22-14-20-13-21(16-22)17-23(25)15-20/h2-9,11,20-23,25H,10,12-18H2,1H3,(H,30,32)(H,31,33). The van der Waals surface area contributed by atoms with E-state index >= 15 is 0 Å². The molecule has 1 aromatic carbocycles. The lowest BCUT2D eigenvalue weighted by atomic mass is 9.55. The highest BCUT2D eigenvalue weighted by molar-refractivity contribution is 5.89. The van der Waals surface area contributed by atoms with Crippen molar-refractivity contribution in [2.75, 3.05) is 6.54 Å². The third-order valence-electron chi connectivity index (χ3n) is 8.07. The molecule has 2 amide bonds. The van der Waals surface area contributed by atoms with Crippen molar-refractivity contribution in [3.8, 4) is 0 Å². The molecule has 4 fully saturated rings. The molecule has 6 nitrogen and oxygen atoms in total. The molecular formula is C28H35N3O3. The number of ether oxygens (including phenoxy) is 1. The molecule has 4 aliphatic rings. The number of benzene rings is 1. The van der Waals surface area contributed by atoms with Gasteiger partial charge in [0.25, 0.3) is 0 Å². The predicted molar refractivity (Wildman–Crippen MR) is 130 cm³/mol. The number of nitrogens with one attached hydrogen (secondary N) is 2. The summed E-state index contributed by atoms with van der Waals surface area (Å²) in [5.74, 6) is 2.36. The van der Waals surface area contributed by atoms with Crippen LogP contribution in [0.4, 0.5) is 4.79 Å². The fraction of sp³-hybridized carbons (Fsp3) is 0.536. The number of carbonyl (C=O) groups excluding carboxylic acids is 2. The van der Waals surface area contributed by atoms with Gasteiger partial charge in [0.1, 0.15) is 11.6 Å². The Kier molecular flexibility index (Phi) is 6.57. The van der Waals surface area contributed by atoms with Gasteiger partial charge in [-0.3, -0.25) is 9.78 Å². The van der Waals surface area contributed by atoms with Crippen molar-refractivity contribution in [2.45, 2.75) is 63.5 Å². The number of hydrogen-bond acceptors (Lipinski definition) is 4. The maximum absolute atomic E-state index is 13.3. The van der Waals surface area contributed by atoms with Gasteiger partial charge in [-0.1, -0.05) is 36.4 Å². The summed E-state index contributed by atoms with van der Waals surface area (Å²) in [6, 6.07) is 15.6. The van der Waals surface area contributed by atoms with Crippen molar-refractivity contribution in [1.29, 1.82) is 0 Å². The lowest BCUT2D eigenvalue weighted by Crippen LogP contribution is -2.60. The second-order valence-electron chi connectivity index (χ2n) is 10.7. The van der Waals surface area contributed by atoms with Gasteiger partial charge in [-0.25, -0.2) is 4.79 Å². The van der Waals surface area contributed by atoms with Crippen LogP contribution < -0.4 is 10.6 Å². The third-order valence-corrected chi connectivity index (χ3v) is 8.07. The van der Waals surface area contributed by atoms with E-state index in [4.69, 9.17) is 4.74 Å². The Hall–Kier alpha value is -2.89. The van der Waals surface area contributed by atoms with Gasteiger partial charge in [-0.15, -0.1) is 0 Å². The normalized spacial score (nSPS) is 28.7. The van der Waals surface area contributed by atoms with Crippen LogP contribution in [0.5, 0.6) is 0 Å². The maximum atomic E-state index is 13.3. The van der Waals surface area contributed by atoms with E-state index in [1.54, 1.807) is 13.1 Å². The van der Waals surface area contributed by atoms with Gasteiger partial charge in [0, 0.05) is 24.9 Å². The van der Waals surface area contributed by atoms with Gasteiger partial charge < -0.3 is 15.4 Å². The van der Waals surface area contributed by atoms with Crippen LogP contribution in [0.3, 0.4) is 0 Å². The minimum atomic E-state index is -1.16. The number of amides is 2. The van der Waals surface area contributed by atoms with Crippen LogP contribution in [0.15, 0.2) is 54.7 Å². The summed E-state index contributed by atoms with van der Waals surface area (Å²) in [5.41, 5.74) is 0.746. The van der Waals surface area contributed by atoms with E-state index in [9.17, 15) is 9.59 Å². The molecular weight excluding hydrogens is 426 g/mol. The summed E-state index contributed by atoms with van der Waals surface area (Å²) >= 11 is 0. The molecule has 1 unspecified atom stereocenters. The van der Waals surface area contributed by atoms with E-state index in [-0.39, 0.29) is 12.0 Å². The highest BCUT2D eigenvalue weighted by Crippen LogP contribution is 2.54. The quantitative estimate of drug-likeness (QED) is 0.615.